The zero-order valence-electron chi connectivity index (χ0n) is 11.0. The standard InChI is InChI=1S/C11H18FNO6/c1-11(2,3)19-10(18)13-7(9(16)17)4-6(12)8(15)5-14/h6-7,14H,4-5H2,1-3H3,(H,13,18)(H,16,17). The number of halogens is 1. The maximum Gasteiger partial charge on any atom is 0.408 e. The number of alkyl halides is 1. The van der Waals surface area contributed by atoms with E-state index < -0.39 is 48.7 Å². The van der Waals surface area contributed by atoms with Crippen LogP contribution in [-0.2, 0) is 14.3 Å². The Morgan fingerprint density at radius 3 is 2.21 bits per heavy atom. The number of carboxylic acids is 1. The van der Waals surface area contributed by atoms with Crippen LogP contribution in [0.4, 0.5) is 9.18 Å². The number of carbonyl (C=O) groups is 3. The van der Waals surface area contributed by atoms with Gasteiger partial charge >= 0.3 is 12.1 Å². The zero-order valence-corrected chi connectivity index (χ0v) is 11.0. The number of rotatable bonds is 6. The first-order valence-electron chi connectivity index (χ1n) is 5.56. The molecule has 0 aliphatic carbocycles. The topological polar surface area (TPSA) is 113 Å². The number of Topliss-reactive ketones (excluding diaryl/α,β-unsaturated/α-hetero) is 1. The van der Waals surface area contributed by atoms with Gasteiger partial charge in [-0.15, -0.1) is 0 Å². The van der Waals surface area contributed by atoms with Crippen LogP contribution in [0.25, 0.3) is 0 Å². The largest absolute Gasteiger partial charge is 0.480 e. The van der Waals surface area contributed by atoms with Crippen LogP contribution in [0, 0.1) is 0 Å². The van der Waals surface area contributed by atoms with E-state index >= 15 is 0 Å². The summed E-state index contributed by atoms with van der Waals surface area (Å²) in [6, 6.07) is -1.61. The molecule has 0 aliphatic heterocycles. The van der Waals surface area contributed by atoms with E-state index in [1.807, 2.05) is 5.32 Å². The molecule has 2 unspecified atom stereocenters. The summed E-state index contributed by atoms with van der Waals surface area (Å²) < 4.78 is 18.0. The third-order valence-corrected chi connectivity index (χ3v) is 1.94. The maximum absolute atomic E-state index is 13.2. The lowest BCUT2D eigenvalue weighted by Crippen LogP contribution is -2.45. The molecule has 0 aromatic rings. The maximum atomic E-state index is 13.2. The van der Waals surface area contributed by atoms with Gasteiger partial charge < -0.3 is 20.3 Å². The smallest absolute Gasteiger partial charge is 0.408 e. The second kappa shape index (κ2) is 7.03. The van der Waals surface area contributed by atoms with Crippen molar-refractivity contribution in [1.29, 1.82) is 0 Å². The lowest BCUT2D eigenvalue weighted by Gasteiger charge is -2.22. The molecular weight excluding hydrogens is 261 g/mol. The van der Waals surface area contributed by atoms with Crippen LogP contribution in [0.15, 0.2) is 0 Å². The summed E-state index contributed by atoms with van der Waals surface area (Å²) in [5, 5.41) is 19.2. The first-order chi connectivity index (χ1) is 8.56. The Labute approximate surface area is 109 Å². The number of amides is 1. The molecule has 0 rings (SSSR count). The molecule has 0 bridgehead atoms. The molecule has 110 valence electrons. The third kappa shape index (κ3) is 7.35. The molecule has 0 saturated heterocycles. The molecule has 0 aromatic carbocycles. The second-order valence-corrected chi connectivity index (χ2v) is 4.86. The van der Waals surface area contributed by atoms with Crippen LogP contribution < -0.4 is 5.32 Å². The number of carbonyl (C=O) groups excluding carboxylic acids is 2. The van der Waals surface area contributed by atoms with Gasteiger partial charge in [0.25, 0.3) is 0 Å². The molecule has 0 radical (unpaired) electrons. The molecule has 19 heavy (non-hydrogen) atoms. The summed E-state index contributed by atoms with van der Waals surface area (Å²) in [6.45, 7) is 3.71. The van der Waals surface area contributed by atoms with E-state index in [1.54, 1.807) is 20.8 Å². The van der Waals surface area contributed by atoms with Crippen LogP contribution in [0.3, 0.4) is 0 Å². The minimum Gasteiger partial charge on any atom is -0.480 e. The first kappa shape index (κ1) is 17.3. The van der Waals surface area contributed by atoms with Crippen molar-refractivity contribution >= 4 is 17.8 Å². The Morgan fingerprint density at radius 1 is 1.32 bits per heavy atom. The lowest BCUT2D eigenvalue weighted by atomic mass is 10.1. The normalized spacial score (nSPS) is 14.4. The van der Waals surface area contributed by atoms with Gasteiger partial charge in [0.2, 0.25) is 0 Å². The van der Waals surface area contributed by atoms with E-state index in [2.05, 4.69) is 0 Å². The van der Waals surface area contributed by atoms with E-state index in [4.69, 9.17) is 14.9 Å². The van der Waals surface area contributed by atoms with Crippen LogP contribution in [-0.4, -0.2) is 52.5 Å². The quantitative estimate of drug-likeness (QED) is 0.642. The number of aliphatic hydroxyl groups is 1. The van der Waals surface area contributed by atoms with Gasteiger partial charge in [0.05, 0.1) is 0 Å². The SMILES string of the molecule is CC(C)(C)OC(=O)NC(CC(F)C(=O)CO)C(=O)O. The highest BCUT2D eigenvalue weighted by Crippen LogP contribution is 2.09. The van der Waals surface area contributed by atoms with Crippen LogP contribution in [0.2, 0.25) is 0 Å². The van der Waals surface area contributed by atoms with Gasteiger partial charge in [-0.25, -0.2) is 14.0 Å². The van der Waals surface area contributed by atoms with Crippen LogP contribution >= 0.6 is 0 Å². The Bertz CT molecular complexity index is 352. The van der Waals surface area contributed by atoms with Gasteiger partial charge in [-0.05, 0) is 20.8 Å². The molecule has 0 heterocycles. The monoisotopic (exact) mass is 279 g/mol. The van der Waals surface area contributed by atoms with Gasteiger partial charge in [0.15, 0.2) is 12.0 Å². The fourth-order valence-corrected chi connectivity index (χ4v) is 1.11. The summed E-state index contributed by atoms with van der Waals surface area (Å²) in [6.07, 6.45) is -3.96. The number of alkyl carbamates (subject to hydrolysis) is 1. The predicted molar refractivity (Wildman–Crippen MR) is 62.4 cm³/mol. The van der Waals surface area contributed by atoms with Crippen molar-refractivity contribution in [3.8, 4) is 0 Å². The fourth-order valence-electron chi connectivity index (χ4n) is 1.11. The van der Waals surface area contributed by atoms with Crippen molar-refractivity contribution < 1.29 is 33.7 Å². The highest BCUT2D eigenvalue weighted by molar-refractivity contribution is 5.86. The molecule has 8 heteroatoms. The van der Waals surface area contributed by atoms with Crippen molar-refractivity contribution in [2.45, 2.75) is 45.0 Å². The number of hydrogen-bond acceptors (Lipinski definition) is 5. The number of ketones is 1. The van der Waals surface area contributed by atoms with E-state index in [9.17, 15) is 18.8 Å². The molecule has 0 saturated carbocycles. The average molecular weight is 279 g/mol. The summed E-state index contributed by atoms with van der Waals surface area (Å²) in [4.78, 5) is 33.0. The molecule has 0 spiro atoms. The highest BCUT2D eigenvalue weighted by Gasteiger charge is 2.29. The van der Waals surface area contributed by atoms with Gasteiger partial charge in [0, 0.05) is 6.42 Å². The Morgan fingerprint density at radius 2 is 1.84 bits per heavy atom. The number of nitrogens with one attached hydrogen (secondary N) is 1. The van der Waals surface area contributed by atoms with Crippen molar-refractivity contribution in [1.82, 2.24) is 5.32 Å². The fraction of sp³-hybridized carbons (Fsp3) is 0.727. The third-order valence-electron chi connectivity index (χ3n) is 1.94. The van der Waals surface area contributed by atoms with Gasteiger partial charge in [-0.3, -0.25) is 4.79 Å². The van der Waals surface area contributed by atoms with Gasteiger partial charge in [-0.1, -0.05) is 0 Å². The Balaban J connectivity index is 4.55. The molecule has 1 amide bonds. The van der Waals surface area contributed by atoms with E-state index in [-0.39, 0.29) is 0 Å². The molecular formula is C11H18FNO6. The van der Waals surface area contributed by atoms with Crippen molar-refractivity contribution in [2.24, 2.45) is 0 Å². The molecule has 3 N–H and O–H groups in total. The predicted octanol–water partition coefficient (Wildman–Crippen LogP) is 0.254. The highest BCUT2D eigenvalue weighted by atomic mass is 19.1. The Hall–Kier alpha value is -1.70. The van der Waals surface area contributed by atoms with Crippen molar-refractivity contribution in [3.05, 3.63) is 0 Å². The number of hydrogen-bond donors (Lipinski definition) is 3. The first-order valence-corrected chi connectivity index (χ1v) is 5.56. The van der Waals surface area contributed by atoms with Crippen molar-refractivity contribution in [2.75, 3.05) is 6.61 Å². The summed E-state index contributed by atoms with van der Waals surface area (Å²) >= 11 is 0. The van der Waals surface area contributed by atoms with E-state index in [1.165, 1.54) is 0 Å². The van der Waals surface area contributed by atoms with Crippen LogP contribution in [0.5, 0.6) is 0 Å². The van der Waals surface area contributed by atoms with E-state index in [0.717, 1.165) is 0 Å². The van der Waals surface area contributed by atoms with Crippen molar-refractivity contribution in [3.63, 3.8) is 0 Å². The van der Waals surface area contributed by atoms with Crippen LogP contribution in [0.1, 0.15) is 27.2 Å². The van der Waals surface area contributed by atoms with Gasteiger partial charge in [-0.2, -0.15) is 0 Å². The average Bonchev–Trinajstić information content (AvgIpc) is 2.24. The molecule has 2 atom stereocenters. The van der Waals surface area contributed by atoms with Gasteiger partial charge in [0.1, 0.15) is 18.2 Å². The summed E-state index contributed by atoms with van der Waals surface area (Å²) in [5.41, 5.74) is -0.830. The Kier molecular flexibility index (Phi) is 6.40. The minimum absolute atomic E-state index is 0.770. The molecule has 0 fully saturated rings. The number of aliphatic carboxylic acids is 1. The summed E-state index contributed by atoms with van der Waals surface area (Å²) in [5.74, 6) is -2.64. The number of aliphatic hydroxyl groups excluding tert-OH is 1. The van der Waals surface area contributed by atoms with E-state index in [0.29, 0.717) is 0 Å². The number of carboxylic acid groups (broad SMARTS) is 1. The number of ether oxygens (including phenoxy) is 1. The molecule has 7 nitrogen and oxygen atoms in total. The summed E-state index contributed by atoms with van der Waals surface area (Å²) in [7, 11) is 0. The zero-order chi connectivity index (χ0) is 15.2. The molecule has 0 aromatic heterocycles. The second-order valence-electron chi connectivity index (χ2n) is 4.86. The lowest BCUT2D eigenvalue weighted by molar-refractivity contribution is -0.140. The molecule has 0 aliphatic rings. The minimum atomic E-state index is -2.17.